The average Bonchev–Trinajstić information content (AvgIpc) is 2.30. The zero-order valence-corrected chi connectivity index (χ0v) is 9.69. The van der Waals surface area contributed by atoms with Gasteiger partial charge in [0, 0.05) is 12.4 Å². The molecule has 5 heteroatoms. The van der Waals surface area contributed by atoms with E-state index in [4.69, 9.17) is 0 Å². The third-order valence-corrected chi connectivity index (χ3v) is 3.95. The van der Waals surface area contributed by atoms with E-state index < -0.39 is 15.7 Å². The first-order valence-electron chi connectivity index (χ1n) is 4.95. The maximum atomic E-state index is 13.0. The topological polar surface area (TPSA) is 47.0 Å². The van der Waals surface area contributed by atoms with Crippen molar-refractivity contribution >= 4 is 9.84 Å². The van der Waals surface area contributed by atoms with Gasteiger partial charge in [0.1, 0.15) is 5.82 Å². The van der Waals surface area contributed by atoms with Crippen LogP contribution in [0, 0.1) is 5.82 Å². The number of halogens is 1. The zero-order valence-electron chi connectivity index (χ0n) is 8.88. The Hall–Kier alpha value is -1.75. The van der Waals surface area contributed by atoms with Crippen LogP contribution in [0.1, 0.15) is 5.56 Å². The lowest BCUT2D eigenvalue weighted by molar-refractivity contribution is 0.590. The average molecular weight is 251 g/mol. The molecule has 88 valence electrons. The fourth-order valence-corrected chi connectivity index (χ4v) is 2.82. The minimum atomic E-state index is -3.50. The molecule has 2 aromatic rings. The molecule has 0 unspecified atom stereocenters. The molecule has 3 nitrogen and oxygen atoms in total. The molecule has 0 amide bonds. The zero-order chi connectivity index (χ0) is 12.3. The monoisotopic (exact) mass is 251 g/mol. The predicted octanol–water partition coefficient (Wildman–Crippen LogP) is 2.19. The van der Waals surface area contributed by atoms with Crippen molar-refractivity contribution in [1.29, 1.82) is 0 Å². The maximum absolute atomic E-state index is 13.0. The van der Waals surface area contributed by atoms with Crippen LogP contribution in [-0.4, -0.2) is 13.4 Å². The molecule has 0 saturated heterocycles. The molecule has 0 spiro atoms. The quantitative estimate of drug-likeness (QED) is 0.840. The standard InChI is InChI=1S/C12H10FNO2S/c13-11-2-1-3-12(8-11)17(15,16)9-10-4-6-14-7-5-10/h1-8H,9H2. The van der Waals surface area contributed by atoms with Crippen LogP contribution >= 0.6 is 0 Å². The van der Waals surface area contributed by atoms with Gasteiger partial charge in [0.2, 0.25) is 0 Å². The van der Waals surface area contributed by atoms with Gasteiger partial charge in [-0.05, 0) is 35.9 Å². The molecule has 0 N–H and O–H groups in total. The highest BCUT2D eigenvalue weighted by atomic mass is 32.2. The van der Waals surface area contributed by atoms with E-state index in [1.54, 1.807) is 12.1 Å². The van der Waals surface area contributed by atoms with E-state index in [1.807, 2.05) is 0 Å². The number of benzene rings is 1. The van der Waals surface area contributed by atoms with Gasteiger partial charge < -0.3 is 0 Å². The van der Waals surface area contributed by atoms with Crippen LogP contribution in [0.15, 0.2) is 53.7 Å². The molecule has 0 fully saturated rings. The Kier molecular flexibility index (Phi) is 3.19. The molecule has 2 rings (SSSR count). The number of sulfone groups is 1. The van der Waals surface area contributed by atoms with E-state index >= 15 is 0 Å². The highest BCUT2D eigenvalue weighted by molar-refractivity contribution is 7.90. The van der Waals surface area contributed by atoms with Crippen LogP contribution in [0.4, 0.5) is 4.39 Å². The summed E-state index contributed by atoms with van der Waals surface area (Å²) in [5, 5.41) is 0. The van der Waals surface area contributed by atoms with Crippen molar-refractivity contribution < 1.29 is 12.8 Å². The van der Waals surface area contributed by atoms with Gasteiger partial charge >= 0.3 is 0 Å². The molecule has 1 heterocycles. The Balaban J connectivity index is 2.32. The van der Waals surface area contributed by atoms with Crippen molar-refractivity contribution in [1.82, 2.24) is 4.98 Å². The van der Waals surface area contributed by atoms with Crippen molar-refractivity contribution in [3.8, 4) is 0 Å². The minimum Gasteiger partial charge on any atom is -0.265 e. The second-order valence-corrected chi connectivity index (χ2v) is 5.56. The fourth-order valence-electron chi connectivity index (χ4n) is 1.44. The van der Waals surface area contributed by atoms with Gasteiger partial charge in [0.25, 0.3) is 0 Å². The van der Waals surface area contributed by atoms with Gasteiger partial charge in [0.15, 0.2) is 9.84 Å². The highest BCUT2D eigenvalue weighted by Crippen LogP contribution is 2.16. The van der Waals surface area contributed by atoms with Crippen LogP contribution in [-0.2, 0) is 15.6 Å². The molecule has 1 aromatic heterocycles. The molecular formula is C12H10FNO2S. The predicted molar refractivity (Wildman–Crippen MR) is 61.5 cm³/mol. The summed E-state index contributed by atoms with van der Waals surface area (Å²) in [5.74, 6) is -0.709. The lowest BCUT2D eigenvalue weighted by Crippen LogP contribution is -2.05. The largest absolute Gasteiger partial charge is 0.265 e. The third kappa shape index (κ3) is 2.88. The smallest absolute Gasteiger partial charge is 0.182 e. The first-order valence-corrected chi connectivity index (χ1v) is 6.60. The first-order chi connectivity index (χ1) is 8.08. The Labute approximate surface area is 98.9 Å². The number of pyridine rings is 1. The second-order valence-electron chi connectivity index (χ2n) is 3.57. The van der Waals surface area contributed by atoms with Gasteiger partial charge in [-0.1, -0.05) is 6.07 Å². The summed E-state index contributed by atoms with van der Waals surface area (Å²) in [6, 6.07) is 8.25. The van der Waals surface area contributed by atoms with Crippen LogP contribution in [0.2, 0.25) is 0 Å². The number of aromatic nitrogens is 1. The Morgan fingerprint density at radius 3 is 2.47 bits per heavy atom. The van der Waals surface area contributed by atoms with E-state index in [0.29, 0.717) is 5.56 Å². The molecule has 0 saturated carbocycles. The molecule has 0 atom stereocenters. The van der Waals surface area contributed by atoms with Crippen molar-refractivity contribution in [2.45, 2.75) is 10.6 Å². The molecule has 0 radical (unpaired) electrons. The molecular weight excluding hydrogens is 241 g/mol. The molecule has 0 aliphatic rings. The number of hydrogen-bond donors (Lipinski definition) is 0. The van der Waals surface area contributed by atoms with E-state index in [9.17, 15) is 12.8 Å². The van der Waals surface area contributed by atoms with Gasteiger partial charge in [0.05, 0.1) is 10.6 Å². The van der Waals surface area contributed by atoms with Gasteiger partial charge in [-0.15, -0.1) is 0 Å². The van der Waals surface area contributed by atoms with E-state index in [0.717, 1.165) is 6.07 Å². The van der Waals surface area contributed by atoms with E-state index in [-0.39, 0.29) is 10.6 Å². The summed E-state index contributed by atoms with van der Waals surface area (Å²) >= 11 is 0. The number of rotatable bonds is 3. The summed E-state index contributed by atoms with van der Waals surface area (Å²) in [4.78, 5) is 3.80. The first kappa shape index (κ1) is 11.7. The van der Waals surface area contributed by atoms with Gasteiger partial charge in [-0.25, -0.2) is 12.8 Å². The summed E-state index contributed by atoms with van der Waals surface area (Å²) in [5.41, 5.74) is 0.629. The summed E-state index contributed by atoms with van der Waals surface area (Å²) in [6.07, 6.45) is 3.05. The lowest BCUT2D eigenvalue weighted by atomic mass is 10.3. The highest BCUT2D eigenvalue weighted by Gasteiger charge is 2.15. The fraction of sp³-hybridized carbons (Fsp3) is 0.0833. The Morgan fingerprint density at radius 1 is 1.12 bits per heavy atom. The van der Waals surface area contributed by atoms with Gasteiger partial charge in [-0.2, -0.15) is 0 Å². The van der Waals surface area contributed by atoms with Crippen molar-refractivity contribution in [2.75, 3.05) is 0 Å². The van der Waals surface area contributed by atoms with Crippen molar-refractivity contribution in [2.24, 2.45) is 0 Å². The molecule has 1 aromatic carbocycles. The summed E-state index contributed by atoms with van der Waals surface area (Å²) in [7, 11) is -3.50. The normalized spacial score (nSPS) is 11.4. The summed E-state index contributed by atoms with van der Waals surface area (Å²) in [6.45, 7) is 0. The van der Waals surface area contributed by atoms with E-state index in [2.05, 4.69) is 4.98 Å². The molecule has 0 aliphatic heterocycles. The molecule has 0 aliphatic carbocycles. The van der Waals surface area contributed by atoms with E-state index in [1.165, 1.54) is 30.6 Å². The molecule has 0 bridgehead atoms. The van der Waals surface area contributed by atoms with Crippen molar-refractivity contribution in [3.05, 3.63) is 60.2 Å². The Morgan fingerprint density at radius 2 is 1.82 bits per heavy atom. The lowest BCUT2D eigenvalue weighted by Gasteiger charge is -2.04. The summed E-state index contributed by atoms with van der Waals surface area (Å²) < 4.78 is 36.9. The second kappa shape index (κ2) is 4.63. The van der Waals surface area contributed by atoms with Gasteiger partial charge in [-0.3, -0.25) is 4.98 Å². The maximum Gasteiger partial charge on any atom is 0.182 e. The van der Waals surface area contributed by atoms with Crippen LogP contribution in [0.5, 0.6) is 0 Å². The van der Waals surface area contributed by atoms with Crippen LogP contribution < -0.4 is 0 Å². The minimum absolute atomic E-state index is 0.00527. The third-order valence-electron chi connectivity index (χ3n) is 2.26. The number of hydrogen-bond acceptors (Lipinski definition) is 3. The molecule has 17 heavy (non-hydrogen) atoms. The number of nitrogens with zero attached hydrogens (tertiary/aromatic N) is 1. The SMILES string of the molecule is O=S(=O)(Cc1ccncc1)c1cccc(F)c1. The Bertz CT molecular complexity index is 611. The van der Waals surface area contributed by atoms with Crippen molar-refractivity contribution in [3.63, 3.8) is 0 Å². The van der Waals surface area contributed by atoms with Crippen LogP contribution in [0.25, 0.3) is 0 Å². The van der Waals surface area contributed by atoms with Crippen LogP contribution in [0.3, 0.4) is 0 Å².